The number of imidazole rings is 1. The number of carbonyl (C=O) groups is 2. The van der Waals surface area contributed by atoms with Crippen molar-refractivity contribution in [1.82, 2.24) is 19.5 Å². The van der Waals surface area contributed by atoms with Crippen LogP contribution in [0.2, 0.25) is 0 Å². The molecule has 0 bridgehead atoms. The summed E-state index contributed by atoms with van der Waals surface area (Å²) in [5.74, 6) is -0.503. The number of esters is 1. The van der Waals surface area contributed by atoms with E-state index in [9.17, 15) is 14.4 Å². The zero-order valence-electron chi connectivity index (χ0n) is 14.6. The maximum atomic E-state index is 11.9. The number of fused-ring (bicyclic) bond motifs is 1. The molecule has 10 nitrogen and oxygen atoms in total. The van der Waals surface area contributed by atoms with Crippen molar-refractivity contribution < 1.29 is 19.1 Å². The number of nitrogens with two attached hydrogens (primary N) is 1. The molecule has 3 rings (SSSR count). The van der Waals surface area contributed by atoms with Gasteiger partial charge in [-0.3, -0.25) is 19.1 Å². The average Bonchev–Trinajstić information content (AvgIpc) is 3.16. The number of Topliss-reactive ketones (excluding diaryl/α,β-unsaturated/α-hetero) is 1. The maximum absolute atomic E-state index is 11.9. The van der Waals surface area contributed by atoms with Gasteiger partial charge in [0.05, 0.1) is 18.9 Å². The van der Waals surface area contributed by atoms with E-state index < -0.39 is 23.9 Å². The van der Waals surface area contributed by atoms with Gasteiger partial charge in [0.1, 0.15) is 18.1 Å². The Hall–Kier alpha value is -2.75. The molecule has 0 aliphatic carbocycles. The lowest BCUT2D eigenvalue weighted by atomic mass is 10.1. The van der Waals surface area contributed by atoms with Crippen molar-refractivity contribution in [2.45, 2.75) is 58.0 Å². The molecule has 0 saturated carbocycles. The van der Waals surface area contributed by atoms with Crippen LogP contribution in [0, 0.1) is 0 Å². The van der Waals surface area contributed by atoms with Gasteiger partial charge in [-0.2, -0.15) is 4.98 Å². The van der Waals surface area contributed by atoms with Crippen molar-refractivity contribution in [3.8, 4) is 0 Å². The van der Waals surface area contributed by atoms with Gasteiger partial charge in [0.2, 0.25) is 5.95 Å². The molecule has 1 aliphatic rings. The predicted molar refractivity (Wildman–Crippen MR) is 91.2 cm³/mol. The van der Waals surface area contributed by atoms with Gasteiger partial charge in [-0.25, -0.2) is 4.98 Å². The maximum Gasteiger partial charge on any atom is 0.306 e. The van der Waals surface area contributed by atoms with Crippen LogP contribution in [0.3, 0.4) is 0 Å². The van der Waals surface area contributed by atoms with E-state index in [2.05, 4.69) is 15.0 Å². The molecule has 1 unspecified atom stereocenters. The SMILES string of the molecule is CC[C@H]1O[C@@H](n2cnc3c(=O)[nH]c(N)nc32)CC1OC(=O)CCC(C)=O. The van der Waals surface area contributed by atoms with Gasteiger partial charge >= 0.3 is 5.97 Å². The minimum Gasteiger partial charge on any atom is -0.459 e. The van der Waals surface area contributed by atoms with E-state index in [1.165, 1.54) is 13.3 Å². The van der Waals surface area contributed by atoms with Gasteiger partial charge in [0.25, 0.3) is 5.56 Å². The fourth-order valence-corrected chi connectivity index (χ4v) is 3.02. The summed E-state index contributed by atoms with van der Waals surface area (Å²) in [6.07, 6.45) is 1.49. The lowest BCUT2D eigenvalue weighted by Crippen LogP contribution is -2.26. The molecule has 26 heavy (non-hydrogen) atoms. The Balaban J connectivity index is 1.78. The van der Waals surface area contributed by atoms with Crippen LogP contribution in [0.25, 0.3) is 11.2 Å². The molecule has 2 aromatic rings. The molecule has 1 fully saturated rings. The van der Waals surface area contributed by atoms with Gasteiger partial charge in [-0.05, 0) is 13.3 Å². The van der Waals surface area contributed by atoms with Crippen molar-refractivity contribution in [3.63, 3.8) is 0 Å². The summed E-state index contributed by atoms with van der Waals surface area (Å²) in [4.78, 5) is 45.4. The Kier molecular flexibility index (Phi) is 5.03. The summed E-state index contributed by atoms with van der Waals surface area (Å²) in [7, 11) is 0. The highest BCUT2D eigenvalue weighted by atomic mass is 16.6. The number of hydrogen-bond donors (Lipinski definition) is 2. The number of nitrogens with one attached hydrogen (secondary N) is 1. The second-order valence-electron chi connectivity index (χ2n) is 6.28. The number of H-pyrrole nitrogens is 1. The molecule has 3 heterocycles. The minimum atomic E-state index is -0.482. The van der Waals surface area contributed by atoms with E-state index in [0.717, 1.165) is 0 Å². The molecule has 0 spiro atoms. The Morgan fingerprint density at radius 2 is 2.23 bits per heavy atom. The quantitative estimate of drug-likeness (QED) is 0.713. The van der Waals surface area contributed by atoms with Crippen LogP contribution < -0.4 is 11.3 Å². The Labute approximate surface area is 148 Å². The van der Waals surface area contributed by atoms with Crippen molar-refractivity contribution in [2.24, 2.45) is 0 Å². The zero-order valence-corrected chi connectivity index (χ0v) is 14.6. The number of ketones is 1. The summed E-state index contributed by atoms with van der Waals surface area (Å²) >= 11 is 0. The molecule has 3 N–H and O–H groups in total. The molecule has 140 valence electrons. The standard InChI is InChI=1S/C16H21N5O5/c1-3-9-10(26-12(23)5-4-8(2)22)6-11(25-9)21-7-18-13-14(21)19-16(17)20-15(13)24/h7,9-11H,3-6H2,1-2H3,(H3,17,19,20,24)/t9-,10?,11-/m1/s1. The van der Waals surface area contributed by atoms with E-state index in [1.54, 1.807) is 4.57 Å². The zero-order chi connectivity index (χ0) is 18.8. The Morgan fingerprint density at radius 3 is 2.92 bits per heavy atom. The van der Waals surface area contributed by atoms with Crippen molar-refractivity contribution in [2.75, 3.05) is 5.73 Å². The molecule has 10 heteroatoms. The summed E-state index contributed by atoms with van der Waals surface area (Å²) in [6, 6.07) is 0. The molecule has 0 radical (unpaired) electrons. The number of aromatic nitrogens is 4. The van der Waals surface area contributed by atoms with Crippen molar-refractivity contribution in [1.29, 1.82) is 0 Å². The molecular formula is C16H21N5O5. The lowest BCUT2D eigenvalue weighted by Gasteiger charge is -2.17. The normalized spacial score (nSPS) is 22.6. The van der Waals surface area contributed by atoms with Gasteiger partial charge < -0.3 is 20.0 Å². The van der Waals surface area contributed by atoms with Crippen LogP contribution in [-0.2, 0) is 19.1 Å². The number of aromatic amines is 1. The third-order valence-corrected chi connectivity index (χ3v) is 4.31. The van der Waals surface area contributed by atoms with Gasteiger partial charge in [0, 0.05) is 12.8 Å². The van der Waals surface area contributed by atoms with Crippen LogP contribution in [0.4, 0.5) is 5.95 Å². The van der Waals surface area contributed by atoms with Gasteiger partial charge in [-0.1, -0.05) is 6.92 Å². The largest absolute Gasteiger partial charge is 0.459 e. The highest BCUT2D eigenvalue weighted by Gasteiger charge is 2.38. The van der Waals surface area contributed by atoms with Crippen molar-refractivity contribution >= 4 is 28.9 Å². The van der Waals surface area contributed by atoms with Crippen LogP contribution in [0.15, 0.2) is 11.1 Å². The number of hydrogen-bond acceptors (Lipinski definition) is 8. The molecule has 3 atom stereocenters. The van der Waals surface area contributed by atoms with Gasteiger partial charge in [-0.15, -0.1) is 0 Å². The number of carbonyl (C=O) groups excluding carboxylic acids is 2. The van der Waals surface area contributed by atoms with Crippen molar-refractivity contribution in [3.05, 3.63) is 16.7 Å². The highest BCUT2D eigenvalue weighted by Crippen LogP contribution is 2.33. The first kappa shape index (κ1) is 18.1. The van der Waals surface area contributed by atoms with E-state index in [1.807, 2.05) is 6.92 Å². The fraction of sp³-hybridized carbons (Fsp3) is 0.562. The second kappa shape index (κ2) is 7.24. The number of nitrogen functional groups attached to an aromatic ring is 1. The predicted octanol–water partition coefficient (Wildman–Crippen LogP) is 0.680. The van der Waals surface area contributed by atoms with Crippen LogP contribution in [0.1, 0.15) is 45.8 Å². The number of rotatable bonds is 6. The summed E-state index contributed by atoms with van der Waals surface area (Å²) < 4.78 is 13.1. The first-order valence-corrected chi connectivity index (χ1v) is 8.45. The van der Waals surface area contributed by atoms with E-state index in [-0.39, 0.29) is 36.2 Å². The lowest BCUT2D eigenvalue weighted by molar-refractivity contribution is -0.152. The van der Waals surface area contributed by atoms with Crippen LogP contribution in [0.5, 0.6) is 0 Å². The smallest absolute Gasteiger partial charge is 0.306 e. The number of nitrogens with zero attached hydrogens (tertiary/aromatic N) is 3. The van der Waals surface area contributed by atoms with E-state index in [4.69, 9.17) is 15.2 Å². The Bertz CT molecular complexity index is 889. The van der Waals surface area contributed by atoms with E-state index >= 15 is 0 Å². The highest BCUT2D eigenvalue weighted by molar-refractivity contribution is 5.81. The first-order chi connectivity index (χ1) is 12.4. The number of anilines is 1. The second-order valence-corrected chi connectivity index (χ2v) is 6.28. The average molecular weight is 363 g/mol. The third kappa shape index (κ3) is 3.59. The topological polar surface area (TPSA) is 142 Å². The third-order valence-electron chi connectivity index (χ3n) is 4.31. The molecular weight excluding hydrogens is 342 g/mol. The summed E-state index contributed by atoms with van der Waals surface area (Å²) in [5, 5.41) is 0. The van der Waals surface area contributed by atoms with E-state index in [0.29, 0.717) is 18.5 Å². The minimum absolute atomic E-state index is 0.0125. The molecule has 0 amide bonds. The molecule has 2 aromatic heterocycles. The fourth-order valence-electron chi connectivity index (χ4n) is 3.02. The first-order valence-electron chi connectivity index (χ1n) is 8.45. The number of ether oxygens (including phenoxy) is 2. The van der Waals surface area contributed by atoms with Gasteiger partial charge in [0.15, 0.2) is 11.2 Å². The molecule has 0 aromatic carbocycles. The molecule has 1 saturated heterocycles. The molecule has 1 aliphatic heterocycles. The van der Waals surface area contributed by atoms with Crippen LogP contribution >= 0.6 is 0 Å². The summed E-state index contributed by atoms with van der Waals surface area (Å²) in [6.45, 7) is 3.36. The monoisotopic (exact) mass is 363 g/mol. The summed E-state index contributed by atoms with van der Waals surface area (Å²) in [5.41, 5.74) is 5.66. The Morgan fingerprint density at radius 1 is 1.46 bits per heavy atom. The van der Waals surface area contributed by atoms with Crippen LogP contribution in [-0.4, -0.2) is 43.5 Å².